The maximum Gasteiger partial charge on any atom is 0.208 e. The molecule has 3 aromatic rings. The second-order valence-electron chi connectivity index (χ2n) is 5.11. The molecule has 2 heterocycles. The molecule has 0 unspecified atom stereocenters. The van der Waals surface area contributed by atoms with Crippen molar-refractivity contribution in [2.75, 3.05) is 5.75 Å². The average Bonchev–Trinajstić information content (AvgIpc) is 3.22. The molecule has 1 N–H and O–H groups in total. The summed E-state index contributed by atoms with van der Waals surface area (Å²) < 4.78 is 1.79. The lowest BCUT2D eigenvalue weighted by atomic mass is 10.3. The smallest absolute Gasteiger partial charge is 0.208 e. The first-order valence-corrected chi connectivity index (χ1v) is 8.72. The zero-order chi connectivity index (χ0) is 15.9. The molecule has 0 bridgehead atoms. The van der Waals surface area contributed by atoms with E-state index in [2.05, 4.69) is 37.6 Å². The molecule has 7 nitrogen and oxygen atoms in total. The van der Waals surface area contributed by atoms with E-state index in [9.17, 15) is 0 Å². The molecule has 0 fully saturated rings. The van der Waals surface area contributed by atoms with Crippen molar-refractivity contribution in [1.29, 1.82) is 0 Å². The van der Waals surface area contributed by atoms with Crippen LogP contribution < -0.4 is 0 Å². The highest BCUT2D eigenvalue weighted by Gasteiger charge is 2.08. The van der Waals surface area contributed by atoms with Gasteiger partial charge in [0.1, 0.15) is 5.82 Å². The highest BCUT2D eigenvalue weighted by Crippen LogP contribution is 2.16. The van der Waals surface area contributed by atoms with Crippen molar-refractivity contribution in [3.63, 3.8) is 0 Å². The summed E-state index contributed by atoms with van der Waals surface area (Å²) in [6.07, 6.45) is 3.80. The van der Waals surface area contributed by atoms with Gasteiger partial charge in [0.25, 0.3) is 0 Å². The van der Waals surface area contributed by atoms with Gasteiger partial charge >= 0.3 is 0 Å². The maximum atomic E-state index is 4.45. The molecular weight excluding hydrogens is 310 g/mol. The first-order valence-electron chi connectivity index (χ1n) is 7.73. The van der Waals surface area contributed by atoms with Crippen LogP contribution in [0.4, 0.5) is 0 Å². The Morgan fingerprint density at radius 2 is 2.04 bits per heavy atom. The van der Waals surface area contributed by atoms with E-state index in [1.165, 1.54) is 0 Å². The van der Waals surface area contributed by atoms with Gasteiger partial charge in [0.15, 0.2) is 5.82 Å². The van der Waals surface area contributed by atoms with Crippen molar-refractivity contribution in [1.82, 2.24) is 35.4 Å². The van der Waals surface area contributed by atoms with E-state index in [1.54, 1.807) is 16.4 Å². The summed E-state index contributed by atoms with van der Waals surface area (Å²) >= 11 is 1.66. The molecule has 0 atom stereocenters. The molecule has 2 aromatic heterocycles. The third-order valence-electron chi connectivity index (χ3n) is 3.31. The number of H-pyrrole nitrogens is 1. The lowest BCUT2D eigenvalue weighted by Gasteiger charge is -2.03. The molecule has 120 valence electrons. The van der Waals surface area contributed by atoms with Crippen LogP contribution in [0.25, 0.3) is 5.69 Å². The largest absolute Gasteiger partial charge is 0.262 e. The van der Waals surface area contributed by atoms with E-state index >= 15 is 0 Å². The van der Waals surface area contributed by atoms with E-state index in [0.29, 0.717) is 0 Å². The quantitative estimate of drug-likeness (QED) is 0.505. The topological polar surface area (TPSA) is 85.2 Å². The number of thioether (sulfide) groups is 1. The Labute approximate surface area is 138 Å². The van der Waals surface area contributed by atoms with Crippen LogP contribution in [0.5, 0.6) is 0 Å². The SMILES string of the molecule is CCCc1nc(SCCCc2nnnn2-c2ccccc2)n[nH]1. The fourth-order valence-corrected chi connectivity index (χ4v) is 2.97. The van der Waals surface area contributed by atoms with Crippen molar-refractivity contribution in [3.05, 3.63) is 42.0 Å². The molecular formula is C15H19N7S. The maximum absolute atomic E-state index is 4.45. The number of hydrogen-bond acceptors (Lipinski definition) is 6. The van der Waals surface area contributed by atoms with Crippen molar-refractivity contribution in [2.45, 2.75) is 37.8 Å². The van der Waals surface area contributed by atoms with E-state index < -0.39 is 0 Å². The number of hydrogen-bond donors (Lipinski definition) is 1. The number of tetrazole rings is 1. The Morgan fingerprint density at radius 3 is 2.87 bits per heavy atom. The van der Waals surface area contributed by atoms with Gasteiger partial charge in [0, 0.05) is 18.6 Å². The van der Waals surface area contributed by atoms with Gasteiger partial charge in [0.05, 0.1) is 5.69 Å². The Hall–Kier alpha value is -2.22. The number of aromatic nitrogens is 7. The zero-order valence-corrected chi connectivity index (χ0v) is 13.8. The first kappa shape index (κ1) is 15.7. The van der Waals surface area contributed by atoms with Gasteiger partial charge in [-0.2, -0.15) is 4.68 Å². The normalized spacial score (nSPS) is 11.0. The zero-order valence-electron chi connectivity index (χ0n) is 13.0. The summed E-state index contributed by atoms with van der Waals surface area (Å²) in [6.45, 7) is 2.13. The van der Waals surface area contributed by atoms with Crippen molar-refractivity contribution >= 4 is 11.8 Å². The molecule has 0 amide bonds. The predicted molar refractivity (Wildman–Crippen MR) is 88.6 cm³/mol. The monoisotopic (exact) mass is 329 g/mol. The van der Waals surface area contributed by atoms with Gasteiger partial charge < -0.3 is 0 Å². The fraction of sp³-hybridized carbons (Fsp3) is 0.400. The van der Waals surface area contributed by atoms with Crippen molar-refractivity contribution in [3.8, 4) is 5.69 Å². The van der Waals surface area contributed by atoms with Gasteiger partial charge in [-0.3, -0.25) is 5.10 Å². The van der Waals surface area contributed by atoms with Crippen LogP contribution in [0, 0.1) is 0 Å². The van der Waals surface area contributed by atoms with E-state index in [0.717, 1.165) is 53.9 Å². The van der Waals surface area contributed by atoms with E-state index in [-0.39, 0.29) is 0 Å². The minimum Gasteiger partial charge on any atom is -0.262 e. The number of para-hydroxylation sites is 1. The molecule has 0 spiro atoms. The lowest BCUT2D eigenvalue weighted by Crippen LogP contribution is -2.03. The van der Waals surface area contributed by atoms with Crippen LogP contribution in [0.3, 0.4) is 0 Å². The fourth-order valence-electron chi connectivity index (χ4n) is 2.22. The van der Waals surface area contributed by atoms with Crippen LogP contribution in [0.15, 0.2) is 35.5 Å². The molecule has 0 saturated heterocycles. The second-order valence-corrected chi connectivity index (χ2v) is 6.17. The van der Waals surface area contributed by atoms with Gasteiger partial charge in [-0.05, 0) is 35.4 Å². The number of benzene rings is 1. The second kappa shape index (κ2) is 7.87. The summed E-state index contributed by atoms with van der Waals surface area (Å²) in [6, 6.07) is 9.93. The molecule has 3 rings (SSSR count). The number of nitrogens with zero attached hydrogens (tertiary/aromatic N) is 6. The van der Waals surface area contributed by atoms with Crippen LogP contribution in [0.1, 0.15) is 31.4 Å². The van der Waals surface area contributed by atoms with Crippen molar-refractivity contribution < 1.29 is 0 Å². The third-order valence-corrected chi connectivity index (χ3v) is 4.24. The molecule has 1 aromatic carbocycles. The first-order chi connectivity index (χ1) is 11.4. The van der Waals surface area contributed by atoms with E-state index in [1.807, 2.05) is 30.3 Å². The van der Waals surface area contributed by atoms with Gasteiger partial charge in [-0.1, -0.05) is 36.9 Å². The highest BCUT2D eigenvalue weighted by atomic mass is 32.2. The van der Waals surface area contributed by atoms with E-state index in [4.69, 9.17) is 0 Å². The molecule has 0 aliphatic rings. The number of aryl methyl sites for hydroxylation is 2. The van der Waals surface area contributed by atoms with Gasteiger partial charge in [-0.15, -0.1) is 10.2 Å². The predicted octanol–water partition coefficient (Wildman–Crippen LogP) is 2.46. The molecule has 0 radical (unpaired) electrons. The standard InChI is InChI=1S/C15H19N7S/c1-2-7-13-16-15(19-17-13)23-11-6-10-14-18-20-21-22(14)12-8-4-3-5-9-12/h3-5,8-9H,2,6-7,10-11H2,1H3,(H,16,17,19). The summed E-state index contributed by atoms with van der Waals surface area (Å²) in [5.41, 5.74) is 0.985. The molecule has 23 heavy (non-hydrogen) atoms. The minimum atomic E-state index is 0.816. The summed E-state index contributed by atoms with van der Waals surface area (Å²) in [5, 5.41) is 20.0. The Kier molecular flexibility index (Phi) is 5.36. The summed E-state index contributed by atoms with van der Waals surface area (Å²) in [4.78, 5) is 4.45. The minimum absolute atomic E-state index is 0.816. The molecule has 0 aliphatic heterocycles. The average molecular weight is 329 g/mol. The van der Waals surface area contributed by atoms with Crippen LogP contribution in [0.2, 0.25) is 0 Å². The van der Waals surface area contributed by atoms with Gasteiger partial charge in [-0.25, -0.2) is 4.98 Å². The third kappa shape index (κ3) is 4.16. The number of nitrogens with one attached hydrogen (secondary N) is 1. The Balaban J connectivity index is 1.50. The molecule has 8 heteroatoms. The van der Waals surface area contributed by atoms with Gasteiger partial charge in [0.2, 0.25) is 5.16 Å². The highest BCUT2D eigenvalue weighted by molar-refractivity contribution is 7.99. The van der Waals surface area contributed by atoms with Crippen LogP contribution >= 0.6 is 11.8 Å². The van der Waals surface area contributed by atoms with Crippen LogP contribution in [-0.4, -0.2) is 41.1 Å². The Bertz CT molecular complexity index is 722. The Morgan fingerprint density at radius 1 is 1.17 bits per heavy atom. The van der Waals surface area contributed by atoms with Crippen LogP contribution in [-0.2, 0) is 12.8 Å². The number of rotatable bonds is 8. The number of aromatic amines is 1. The summed E-state index contributed by atoms with van der Waals surface area (Å²) in [7, 11) is 0. The van der Waals surface area contributed by atoms with Crippen molar-refractivity contribution in [2.24, 2.45) is 0 Å². The molecule has 0 aliphatic carbocycles. The molecule has 0 saturated carbocycles. The lowest BCUT2D eigenvalue weighted by molar-refractivity contribution is 0.747. The summed E-state index contributed by atoms with van der Waals surface area (Å²) in [5.74, 6) is 2.77.